The molecule has 4 atom stereocenters. The number of nitrogens with one attached hydrogen (secondary N) is 3. The number of amides is 4. The average molecular weight is 551 g/mol. The summed E-state index contributed by atoms with van der Waals surface area (Å²) in [5, 5.41) is 7.53. The number of hydrogen-bond donors (Lipinski definition) is 3. The number of ether oxygens (including phenoxy) is 1. The van der Waals surface area contributed by atoms with Gasteiger partial charge in [-0.1, -0.05) is 44.2 Å². The Balaban J connectivity index is 1.81. The lowest BCUT2D eigenvalue weighted by Gasteiger charge is -2.28. The van der Waals surface area contributed by atoms with Crippen molar-refractivity contribution in [1.29, 1.82) is 0 Å². The maximum absolute atomic E-state index is 14.3. The molecule has 2 saturated heterocycles. The summed E-state index contributed by atoms with van der Waals surface area (Å²) >= 11 is 0. The fraction of sp³-hybridized carbons (Fsp3) is 0.593. The van der Waals surface area contributed by atoms with Gasteiger partial charge in [0.1, 0.15) is 17.7 Å². The minimum absolute atomic E-state index is 0.0255. The van der Waals surface area contributed by atoms with Crippen LogP contribution in [0.25, 0.3) is 0 Å². The molecule has 39 heavy (non-hydrogen) atoms. The predicted octanol–water partition coefficient (Wildman–Crippen LogP) is 0.975. The number of carbonyl (C=O) groups is 5. The van der Waals surface area contributed by atoms with E-state index >= 15 is 0 Å². The molecule has 3 N–H and O–H groups in total. The Kier molecular flexibility index (Phi) is 9.42. The first-order valence-electron chi connectivity index (χ1n) is 13.0. The standard InChI is InChI=1S/C27H36F2N4O6/c1-16(2)10-19(23(36)26(4)15-39-26)31-24(37)20(11-18-8-6-5-7-9-18)32-25(38)21-12-27(28,29)14-33(21)22(35)13-30-17(3)34/h5-9,16,19-21H,10-15H2,1-4H3,(H,30,34)(H,31,37)(H,32,38)/t19-,20-,21-,26+/m0/s1. The van der Waals surface area contributed by atoms with Crippen LogP contribution in [0.2, 0.25) is 0 Å². The summed E-state index contributed by atoms with van der Waals surface area (Å²) in [5.74, 6) is -6.48. The number of Topliss-reactive ketones (excluding diaryl/α,β-unsaturated/α-hetero) is 1. The number of hydrogen-bond acceptors (Lipinski definition) is 6. The Morgan fingerprint density at radius 3 is 2.28 bits per heavy atom. The fourth-order valence-electron chi connectivity index (χ4n) is 4.54. The minimum atomic E-state index is -3.32. The molecule has 1 aromatic carbocycles. The molecule has 12 heteroatoms. The molecule has 2 aliphatic rings. The van der Waals surface area contributed by atoms with E-state index in [1.807, 2.05) is 13.8 Å². The number of halogens is 2. The van der Waals surface area contributed by atoms with Gasteiger partial charge in [0.25, 0.3) is 5.92 Å². The molecule has 3 rings (SSSR count). The normalized spacial score (nSPS) is 23.1. The van der Waals surface area contributed by atoms with Crippen molar-refractivity contribution in [3.05, 3.63) is 35.9 Å². The van der Waals surface area contributed by atoms with Crippen molar-refractivity contribution in [3.8, 4) is 0 Å². The third-order valence-corrected chi connectivity index (χ3v) is 6.74. The van der Waals surface area contributed by atoms with Crippen molar-refractivity contribution < 1.29 is 37.5 Å². The monoisotopic (exact) mass is 550 g/mol. The number of rotatable bonds is 12. The molecule has 0 aromatic heterocycles. The zero-order valence-electron chi connectivity index (χ0n) is 22.6. The van der Waals surface area contributed by atoms with E-state index in [0.717, 1.165) is 4.90 Å². The Morgan fingerprint density at radius 2 is 1.72 bits per heavy atom. The van der Waals surface area contributed by atoms with Gasteiger partial charge in [0, 0.05) is 19.8 Å². The Hall–Kier alpha value is -3.41. The van der Waals surface area contributed by atoms with Crippen LogP contribution in [0.3, 0.4) is 0 Å². The summed E-state index contributed by atoms with van der Waals surface area (Å²) in [6.45, 7) is 5.35. The second kappa shape index (κ2) is 12.2. The molecule has 1 aromatic rings. The van der Waals surface area contributed by atoms with E-state index in [1.165, 1.54) is 6.92 Å². The summed E-state index contributed by atoms with van der Waals surface area (Å²) in [5.41, 5.74) is -0.285. The first-order valence-corrected chi connectivity index (χ1v) is 13.0. The molecule has 214 valence electrons. The molecule has 0 radical (unpaired) electrons. The molecule has 4 amide bonds. The second-order valence-electron chi connectivity index (χ2n) is 10.8. The third-order valence-electron chi connectivity index (χ3n) is 6.74. The zero-order chi connectivity index (χ0) is 29.0. The fourth-order valence-corrected chi connectivity index (χ4v) is 4.54. The summed E-state index contributed by atoms with van der Waals surface area (Å²) in [7, 11) is 0. The minimum Gasteiger partial charge on any atom is -0.361 e. The first kappa shape index (κ1) is 30.1. The molecule has 2 fully saturated rings. The number of likely N-dealkylation sites (tertiary alicyclic amines) is 1. The molecule has 0 spiro atoms. The molecule has 2 heterocycles. The molecule has 0 aliphatic carbocycles. The number of carbonyl (C=O) groups excluding carboxylic acids is 5. The van der Waals surface area contributed by atoms with Gasteiger partial charge in [-0.2, -0.15) is 0 Å². The number of benzene rings is 1. The maximum Gasteiger partial charge on any atom is 0.267 e. The Morgan fingerprint density at radius 1 is 1.08 bits per heavy atom. The van der Waals surface area contributed by atoms with Gasteiger partial charge in [-0.3, -0.25) is 24.0 Å². The number of epoxide rings is 1. The van der Waals surface area contributed by atoms with Crippen molar-refractivity contribution in [3.63, 3.8) is 0 Å². The van der Waals surface area contributed by atoms with Crippen LogP contribution in [0.5, 0.6) is 0 Å². The van der Waals surface area contributed by atoms with Gasteiger partial charge < -0.3 is 25.6 Å². The van der Waals surface area contributed by atoms with E-state index in [9.17, 15) is 32.8 Å². The van der Waals surface area contributed by atoms with Crippen LogP contribution in [0.4, 0.5) is 8.78 Å². The van der Waals surface area contributed by atoms with Crippen LogP contribution in [0, 0.1) is 5.92 Å². The van der Waals surface area contributed by atoms with E-state index in [0.29, 0.717) is 12.0 Å². The lowest BCUT2D eigenvalue weighted by molar-refractivity contribution is -0.140. The van der Waals surface area contributed by atoms with Crippen LogP contribution in [0.15, 0.2) is 30.3 Å². The third kappa shape index (κ3) is 8.29. The molecular weight excluding hydrogens is 514 g/mol. The van der Waals surface area contributed by atoms with Gasteiger partial charge >= 0.3 is 0 Å². The molecule has 0 saturated carbocycles. The van der Waals surface area contributed by atoms with E-state index in [-0.39, 0.29) is 24.7 Å². The number of ketones is 1. The SMILES string of the molecule is CC(=O)NCC(=O)N1CC(F)(F)C[C@H]1C(=O)N[C@@H](Cc1ccccc1)C(=O)N[C@@H](CC(C)C)C(=O)[C@@]1(C)CO1. The summed E-state index contributed by atoms with van der Waals surface area (Å²) in [4.78, 5) is 64.2. The topological polar surface area (TPSA) is 137 Å². The number of nitrogens with zero attached hydrogens (tertiary/aromatic N) is 1. The van der Waals surface area contributed by atoms with Crippen molar-refractivity contribution in [2.45, 2.75) is 76.6 Å². The van der Waals surface area contributed by atoms with Gasteiger partial charge in [-0.05, 0) is 24.8 Å². The number of alkyl halides is 2. The molecule has 10 nitrogen and oxygen atoms in total. The van der Waals surface area contributed by atoms with Crippen molar-refractivity contribution in [2.75, 3.05) is 19.7 Å². The largest absolute Gasteiger partial charge is 0.361 e. The Labute approximate surface area is 226 Å². The highest BCUT2D eigenvalue weighted by atomic mass is 19.3. The van der Waals surface area contributed by atoms with Gasteiger partial charge in [-0.25, -0.2) is 8.78 Å². The first-order chi connectivity index (χ1) is 18.2. The smallest absolute Gasteiger partial charge is 0.267 e. The average Bonchev–Trinajstić information content (AvgIpc) is 3.52. The van der Waals surface area contributed by atoms with Crippen LogP contribution in [-0.2, 0) is 35.1 Å². The van der Waals surface area contributed by atoms with E-state index in [2.05, 4.69) is 16.0 Å². The Bertz CT molecular complexity index is 1090. The van der Waals surface area contributed by atoms with Crippen molar-refractivity contribution in [2.24, 2.45) is 5.92 Å². The molecule has 2 aliphatic heterocycles. The van der Waals surface area contributed by atoms with E-state index in [4.69, 9.17) is 4.74 Å². The van der Waals surface area contributed by atoms with E-state index < -0.39 is 72.8 Å². The lowest BCUT2D eigenvalue weighted by Crippen LogP contribution is -2.57. The highest BCUT2D eigenvalue weighted by Crippen LogP contribution is 2.32. The van der Waals surface area contributed by atoms with Crippen LogP contribution in [-0.4, -0.2) is 83.7 Å². The van der Waals surface area contributed by atoms with Crippen LogP contribution in [0.1, 0.15) is 46.1 Å². The van der Waals surface area contributed by atoms with Gasteiger partial charge in [0.05, 0.1) is 25.7 Å². The van der Waals surface area contributed by atoms with Crippen molar-refractivity contribution >= 4 is 29.4 Å². The van der Waals surface area contributed by atoms with Gasteiger partial charge in [-0.15, -0.1) is 0 Å². The lowest BCUT2D eigenvalue weighted by atomic mass is 9.93. The highest BCUT2D eigenvalue weighted by Gasteiger charge is 2.51. The van der Waals surface area contributed by atoms with Crippen LogP contribution < -0.4 is 16.0 Å². The molecular formula is C27H36F2N4O6. The summed E-state index contributed by atoms with van der Waals surface area (Å²) in [6.07, 6.45) is -0.554. The summed E-state index contributed by atoms with van der Waals surface area (Å²) in [6, 6.07) is 5.15. The highest BCUT2D eigenvalue weighted by molar-refractivity contribution is 5.98. The van der Waals surface area contributed by atoms with Gasteiger partial charge in [0.15, 0.2) is 5.78 Å². The molecule has 0 unspecified atom stereocenters. The van der Waals surface area contributed by atoms with Crippen molar-refractivity contribution in [1.82, 2.24) is 20.9 Å². The second-order valence-corrected chi connectivity index (χ2v) is 10.8. The van der Waals surface area contributed by atoms with Crippen LogP contribution >= 0.6 is 0 Å². The van der Waals surface area contributed by atoms with E-state index in [1.54, 1.807) is 37.3 Å². The van der Waals surface area contributed by atoms with Gasteiger partial charge in [0.2, 0.25) is 23.6 Å². The predicted molar refractivity (Wildman–Crippen MR) is 137 cm³/mol. The zero-order valence-corrected chi connectivity index (χ0v) is 22.6. The quantitative estimate of drug-likeness (QED) is 0.332. The maximum atomic E-state index is 14.3. The summed E-state index contributed by atoms with van der Waals surface area (Å²) < 4.78 is 33.9. The molecule has 0 bridgehead atoms.